The summed E-state index contributed by atoms with van der Waals surface area (Å²) in [5, 5.41) is 40.5. The number of nitrogens with one attached hydrogen (secondary N) is 2. The van der Waals surface area contributed by atoms with Gasteiger partial charge in [-0.1, -0.05) is 17.9 Å². The van der Waals surface area contributed by atoms with Gasteiger partial charge in [-0.2, -0.15) is 16.3 Å². The summed E-state index contributed by atoms with van der Waals surface area (Å²) in [5.41, 5.74) is 3.05. The van der Waals surface area contributed by atoms with Gasteiger partial charge in [0.25, 0.3) is 0 Å². The second-order valence-electron chi connectivity index (χ2n) is 7.70. The van der Waals surface area contributed by atoms with Gasteiger partial charge in [0.2, 0.25) is 5.95 Å². The van der Waals surface area contributed by atoms with Crippen LogP contribution in [0, 0.1) is 24.7 Å². The van der Waals surface area contributed by atoms with E-state index in [2.05, 4.69) is 37.4 Å². The number of aliphatic hydroxyl groups excluding tert-OH is 3. The molecule has 5 N–H and O–H groups in total. The zero-order chi connectivity index (χ0) is 22.5. The van der Waals surface area contributed by atoms with Crippen molar-refractivity contribution in [1.82, 2.24) is 15.0 Å². The van der Waals surface area contributed by atoms with Gasteiger partial charge in [0.15, 0.2) is 0 Å². The third kappa shape index (κ3) is 5.06. The molecule has 4 rings (SSSR count). The normalized spacial score (nSPS) is 22.2. The van der Waals surface area contributed by atoms with Gasteiger partial charge in [0.1, 0.15) is 11.9 Å². The Kier molecular flexibility index (Phi) is 6.97. The van der Waals surface area contributed by atoms with E-state index in [4.69, 9.17) is 0 Å². The van der Waals surface area contributed by atoms with Crippen LogP contribution in [0.5, 0.6) is 0 Å². The van der Waals surface area contributed by atoms with E-state index in [1.54, 1.807) is 17.5 Å². The van der Waals surface area contributed by atoms with Crippen LogP contribution in [0.1, 0.15) is 28.9 Å². The molecule has 3 aromatic rings. The predicted octanol–water partition coefficient (Wildman–Crippen LogP) is 1.77. The topological polar surface area (TPSA) is 123 Å². The molecule has 0 spiro atoms. The Balaban J connectivity index is 1.63. The molecule has 0 aromatic carbocycles. The van der Waals surface area contributed by atoms with Gasteiger partial charge in [-0.3, -0.25) is 4.98 Å². The van der Waals surface area contributed by atoms with E-state index in [1.165, 1.54) is 0 Å². The molecule has 32 heavy (non-hydrogen) atoms. The lowest BCUT2D eigenvalue weighted by Gasteiger charge is -2.20. The summed E-state index contributed by atoms with van der Waals surface area (Å²) in [4.78, 5) is 13.4. The third-order valence-corrected chi connectivity index (χ3v) is 6.14. The number of rotatable bonds is 6. The second-order valence-corrected chi connectivity index (χ2v) is 8.48. The van der Waals surface area contributed by atoms with E-state index >= 15 is 0 Å². The van der Waals surface area contributed by atoms with Crippen molar-refractivity contribution in [2.75, 3.05) is 17.2 Å². The molecule has 0 saturated heterocycles. The van der Waals surface area contributed by atoms with Crippen molar-refractivity contribution in [1.29, 1.82) is 0 Å². The fraction of sp³-hybridized carbons (Fsp3) is 0.348. The lowest BCUT2D eigenvalue weighted by atomic mass is 10.1. The molecule has 1 fully saturated rings. The quantitative estimate of drug-likeness (QED) is 0.359. The van der Waals surface area contributed by atoms with Crippen LogP contribution >= 0.6 is 11.3 Å². The first-order chi connectivity index (χ1) is 15.5. The maximum Gasteiger partial charge on any atom is 0.225 e. The summed E-state index contributed by atoms with van der Waals surface area (Å²) in [5.74, 6) is 6.75. The van der Waals surface area contributed by atoms with E-state index in [-0.39, 0.29) is 6.61 Å². The molecule has 1 aliphatic rings. The van der Waals surface area contributed by atoms with Gasteiger partial charge in [0, 0.05) is 29.7 Å². The lowest BCUT2D eigenvalue weighted by molar-refractivity contribution is 0.00445. The molecular formula is C23H25N5O3S. The van der Waals surface area contributed by atoms with Crippen molar-refractivity contribution < 1.29 is 15.3 Å². The van der Waals surface area contributed by atoms with Crippen molar-refractivity contribution in [2.45, 2.75) is 38.1 Å². The highest BCUT2D eigenvalue weighted by Crippen LogP contribution is 2.30. The van der Waals surface area contributed by atoms with Crippen molar-refractivity contribution in [2.24, 2.45) is 5.92 Å². The van der Waals surface area contributed by atoms with E-state index in [1.807, 2.05) is 41.9 Å². The summed E-state index contributed by atoms with van der Waals surface area (Å²) in [6, 6.07) is 7.14. The van der Waals surface area contributed by atoms with Crippen molar-refractivity contribution in [3.8, 4) is 11.8 Å². The monoisotopic (exact) mass is 451 g/mol. The average Bonchev–Trinajstić information content (AvgIpc) is 3.41. The van der Waals surface area contributed by atoms with E-state index < -0.39 is 24.2 Å². The Morgan fingerprint density at radius 1 is 1.16 bits per heavy atom. The molecule has 0 amide bonds. The Bertz CT molecular complexity index is 1100. The molecule has 0 radical (unpaired) electrons. The molecule has 9 heteroatoms. The molecule has 3 aromatic heterocycles. The number of anilines is 2. The summed E-state index contributed by atoms with van der Waals surface area (Å²) >= 11 is 1.57. The summed E-state index contributed by atoms with van der Waals surface area (Å²) < 4.78 is 0. The number of aromatic nitrogens is 3. The minimum atomic E-state index is -1.02. The number of thiophene rings is 1. The first-order valence-electron chi connectivity index (χ1n) is 10.4. The van der Waals surface area contributed by atoms with E-state index in [0.717, 1.165) is 11.3 Å². The number of pyridine rings is 1. The first kappa shape index (κ1) is 22.2. The molecule has 0 bridgehead atoms. The van der Waals surface area contributed by atoms with Crippen molar-refractivity contribution in [3.63, 3.8) is 0 Å². The molecule has 4 atom stereocenters. The highest BCUT2D eigenvalue weighted by Gasteiger charge is 2.41. The molecule has 1 aliphatic carbocycles. The molecule has 3 heterocycles. The fourth-order valence-electron chi connectivity index (χ4n) is 3.67. The number of hydrogen-bond donors (Lipinski definition) is 5. The van der Waals surface area contributed by atoms with Gasteiger partial charge in [-0.25, -0.2) is 4.98 Å². The van der Waals surface area contributed by atoms with Crippen LogP contribution in [0.25, 0.3) is 0 Å². The maximum atomic E-state index is 10.5. The Morgan fingerprint density at radius 2 is 2.03 bits per heavy atom. The number of nitrogens with zero attached hydrogens (tertiary/aromatic N) is 3. The number of aryl methyl sites for hydroxylation is 1. The predicted molar refractivity (Wildman–Crippen MR) is 123 cm³/mol. The van der Waals surface area contributed by atoms with E-state index in [0.29, 0.717) is 36.0 Å². The molecule has 1 saturated carbocycles. The van der Waals surface area contributed by atoms with Crippen LogP contribution in [-0.2, 0) is 6.54 Å². The van der Waals surface area contributed by atoms with Crippen LogP contribution in [0.2, 0.25) is 0 Å². The Morgan fingerprint density at radius 3 is 2.72 bits per heavy atom. The van der Waals surface area contributed by atoms with Gasteiger partial charge in [-0.15, -0.1) is 0 Å². The average molecular weight is 452 g/mol. The highest BCUT2D eigenvalue weighted by molar-refractivity contribution is 7.08. The van der Waals surface area contributed by atoms with Crippen LogP contribution in [-0.4, -0.2) is 55.1 Å². The zero-order valence-corrected chi connectivity index (χ0v) is 18.4. The maximum absolute atomic E-state index is 10.5. The Labute approximate surface area is 190 Å². The molecule has 8 nitrogen and oxygen atoms in total. The van der Waals surface area contributed by atoms with Crippen LogP contribution in [0.3, 0.4) is 0 Å². The SMILES string of the molecule is Cc1nc(NCc2ccccn2)nc(N[C@@H]2C[C@H](CO)[C@@H](O)[C@H]2O)c1C#Cc1ccsc1. The van der Waals surface area contributed by atoms with Gasteiger partial charge >= 0.3 is 0 Å². The third-order valence-electron chi connectivity index (χ3n) is 5.46. The minimum absolute atomic E-state index is 0.194. The lowest BCUT2D eigenvalue weighted by Crippen LogP contribution is -2.36. The molecular weight excluding hydrogens is 426 g/mol. The first-order valence-corrected chi connectivity index (χ1v) is 11.3. The Hall–Kier alpha value is -3.03. The van der Waals surface area contributed by atoms with Crippen LogP contribution < -0.4 is 10.6 Å². The smallest absolute Gasteiger partial charge is 0.225 e. The number of hydrogen-bond acceptors (Lipinski definition) is 9. The number of aliphatic hydroxyl groups is 3. The molecule has 0 aliphatic heterocycles. The van der Waals surface area contributed by atoms with Gasteiger partial charge < -0.3 is 26.0 Å². The van der Waals surface area contributed by atoms with E-state index in [9.17, 15) is 15.3 Å². The minimum Gasteiger partial charge on any atom is -0.396 e. The second kappa shape index (κ2) is 10.1. The standard InChI is InChI=1S/C23H25N5O3S/c1-14-18(6-5-15-7-9-32-13-15)22(27-19-10-16(12-29)20(30)21(19)31)28-23(26-14)25-11-17-4-2-3-8-24-17/h2-4,7-9,13,16,19-21,29-31H,10-12H2,1H3,(H2,25,26,27,28)/t16-,19-,20-,21+/m1/s1. The fourth-order valence-corrected chi connectivity index (χ4v) is 4.26. The van der Waals surface area contributed by atoms with Crippen molar-refractivity contribution >= 4 is 23.1 Å². The summed E-state index contributed by atoms with van der Waals surface area (Å²) in [7, 11) is 0. The molecule has 166 valence electrons. The van der Waals surface area contributed by atoms with Crippen molar-refractivity contribution in [3.05, 3.63) is 63.7 Å². The molecule has 0 unspecified atom stereocenters. The summed E-state index contributed by atoms with van der Waals surface area (Å²) in [6.07, 6.45) is 0.118. The van der Waals surface area contributed by atoms with Crippen LogP contribution in [0.4, 0.5) is 11.8 Å². The largest absolute Gasteiger partial charge is 0.396 e. The van der Waals surface area contributed by atoms with Gasteiger partial charge in [-0.05, 0) is 36.9 Å². The van der Waals surface area contributed by atoms with Crippen LogP contribution in [0.15, 0.2) is 41.2 Å². The zero-order valence-electron chi connectivity index (χ0n) is 17.6. The van der Waals surface area contributed by atoms with Gasteiger partial charge in [0.05, 0.1) is 35.6 Å². The summed E-state index contributed by atoms with van der Waals surface area (Å²) in [6.45, 7) is 2.12. The highest BCUT2D eigenvalue weighted by atomic mass is 32.1.